The maximum atomic E-state index is 11.8. The van der Waals surface area contributed by atoms with Crippen LogP contribution in [0.3, 0.4) is 0 Å². The fourth-order valence-corrected chi connectivity index (χ4v) is 1.55. The molecule has 19 heavy (non-hydrogen) atoms. The second-order valence-electron chi connectivity index (χ2n) is 4.85. The largest absolute Gasteiger partial charge is 0.456 e. The van der Waals surface area contributed by atoms with Gasteiger partial charge >= 0.3 is 5.97 Å². The van der Waals surface area contributed by atoms with E-state index < -0.39 is 11.6 Å². The van der Waals surface area contributed by atoms with Crippen LogP contribution in [0.1, 0.15) is 26.3 Å². The summed E-state index contributed by atoms with van der Waals surface area (Å²) in [6, 6.07) is 6.65. The van der Waals surface area contributed by atoms with Crippen LogP contribution in [-0.2, 0) is 9.53 Å². The molecule has 0 N–H and O–H groups in total. The molecule has 0 saturated carbocycles. The van der Waals surface area contributed by atoms with E-state index in [9.17, 15) is 4.79 Å². The zero-order valence-electron chi connectivity index (χ0n) is 10.8. The van der Waals surface area contributed by atoms with Crippen molar-refractivity contribution >= 4 is 35.2 Å². The minimum atomic E-state index is -0.666. The number of hydrogen-bond donors (Lipinski definition) is 0. The van der Waals surface area contributed by atoms with E-state index >= 15 is 0 Å². The third kappa shape index (κ3) is 4.94. The number of ether oxygens (including phenoxy) is 1. The first-order valence-electron chi connectivity index (χ1n) is 5.53. The SMILES string of the molecule is CC(C)(C)OC(=O)/C(C#N)=C/c1ccc(Cl)c(Cl)c1. The van der Waals surface area contributed by atoms with Crippen molar-refractivity contribution in [2.24, 2.45) is 0 Å². The van der Waals surface area contributed by atoms with Crippen molar-refractivity contribution in [1.82, 2.24) is 0 Å². The van der Waals surface area contributed by atoms with E-state index in [0.717, 1.165) is 0 Å². The summed E-state index contributed by atoms with van der Waals surface area (Å²) in [6.07, 6.45) is 1.41. The van der Waals surface area contributed by atoms with E-state index in [1.165, 1.54) is 6.08 Å². The van der Waals surface area contributed by atoms with Gasteiger partial charge in [-0.2, -0.15) is 5.26 Å². The van der Waals surface area contributed by atoms with E-state index in [0.29, 0.717) is 15.6 Å². The second-order valence-corrected chi connectivity index (χ2v) is 5.66. The molecule has 0 spiro atoms. The van der Waals surface area contributed by atoms with E-state index in [4.69, 9.17) is 33.2 Å². The Balaban J connectivity index is 3.03. The Bertz CT molecular complexity index is 566. The number of nitriles is 1. The van der Waals surface area contributed by atoms with Gasteiger partial charge in [-0.1, -0.05) is 29.3 Å². The quantitative estimate of drug-likeness (QED) is 0.466. The molecule has 0 amide bonds. The van der Waals surface area contributed by atoms with Crippen LogP contribution in [0, 0.1) is 11.3 Å². The molecule has 0 bridgehead atoms. The third-order valence-corrected chi connectivity index (χ3v) is 2.73. The summed E-state index contributed by atoms with van der Waals surface area (Å²) >= 11 is 11.7. The maximum absolute atomic E-state index is 11.8. The van der Waals surface area contributed by atoms with Crippen molar-refractivity contribution in [2.75, 3.05) is 0 Å². The highest BCUT2D eigenvalue weighted by atomic mass is 35.5. The number of benzene rings is 1. The summed E-state index contributed by atoms with van der Waals surface area (Å²) in [6.45, 7) is 5.21. The topological polar surface area (TPSA) is 50.1 Å². The first-order chi connectivity index (χ1) is 8.73. The lowest BCUT2D eigenvalue weighted by Gasteiger charge is -2.18. The van der Waals surface area contributed by atoms with E-state index in [2.05, 4.69) is 0 Å². The molecule has 0 heterocycles. The number of esters is 1. The summed E-state index contributed by atoms with van der Waals surface area (Å²) < 4.78 is 5.13. The van der Waals surface area contributed by atoms with Gasteiger partial charge in [0.25, 0.3) is 0 Å². The van der Waals surface area contributed by atoms with Gasteiger partial charge in [0.1, 0.15) is 17.2 Å². The molecule has 0 aliphatic rings. The van der Waals surface area contributed by atoms with Crippen molar-refractivity contribution < 1.29 is 9.53 Å². The number of halogens is 2. The van der Waals surface area contributed by atoms with Gasteiger partial charge < -0.3 is 4.74 Å². The van der Waals surface area contributed by atoms with Crippen LogP contribution in [0.4, 0.5) is 0 Å². The third-order valence-electron chi connectivity index (χ3n) is 1.99. The van der Waals surface area contributed by atoms with Crippen LogP contribution in [0.5, 0.6) is 0 Å². The van der Waals surface area contributed by atoms with Crippen molar-refractivity contribution in [1.29, 1.82) is 5.26 Å². The number of carbonyl (C=O) groups excluding carboxylic acids is 1. The Hall–Kier alpha value is -1.50. The minimum absolute atomic E-state index is 0.0895. The van der Waals surface area contributed by atoms with Crippen LogP contribution in [0.15, 0.2) is 23.8 Å². The lowest BCUT2D eigenvalue weighted by Crippen LogP contribution is -2.24. The van der Waals surface area contributed by atoms with Gasteiger partial charge in [0.05, 0.1) is 10.0 Å². The Morgan fingerprint density at radius 2 is 1.95 bits per heavy atom. The Labute approximate surface area is 122 Å². The van der Waals surface area contributed by atoms with Crippen LogP contribution < -0.4 is 0 Å². The first kappa shape index (κ1) is 15.6. The number of nitrogens with zero attached hydrogens (tertiary/aromatic N) is 1. The molecule has 1 rings (SSSR count). The molecule has 0 radical (unpaired) electrons. The highest BCUT2D eigenvalue weighted by molar-refractivity contribution is 6.42. The van der Waals surface area contributed by atoms with E-state index in [1.807, 2.05) is 6.07 Å². The molecule has 5 heteroatoms. The van der Waals surface area contributed by atoms with Crippen LogP contribution in [0.25, 0.3) is 6.08 Å². The van der Waals surface area contributed by atoms with Crippen LogP contribution >= 0.6 is 23.2 Å². The van der Waals surface area contributed by atoms with Crippen molar-refractivity contribution in [3.8, 4) is 6.07 Å². The standard InChI is InChI=1S/C14H13Cl2NO2/c1-14(2,3)19-13(18)10(8-17)6-9-4-5-11(15)12(16)7-9/h4-7H,1-3H3/b10-6+. The summed E-state index contributed by atoms with van der Waals surface area (Å²) in [5.41, 5.74) is -0.130. The highest BCUT2D eigenvalue weighted by Gasteiger charge is 2.19. The Morgan fingerprint density at radius 1 is 1.32 bits per heavy atom. The second kappa shape index (κ2) is 6.10. The average Bonchev–Trinajstić information content (AvgIpc) is 2.28. The summed E-state index contributed by atoms with van der Waals surface area (Å²) in [5.74, 6) is -0.666. The van der Waals surface area contributed by atoms with Gasteiger partial charge in [-0.3, -0.25) is 0 Å². The molecule has 0 atom stereocenters. The summed E-state index contributed by atoms with van der Waals surface area (Å²) in [5, 5.41) is 9.77. The van der Waals surface area contributed by atoms with Gasteiger partial charge in [-0.15, -0.1) is 0 Å². The molecular formula is C14H13Cl2NO2. The molecule has 0 unspecified atom stereocenters. The van der Waals surface area contributed by atoms with Crippen molar-refractivity contribution in [3.63, 3.8) is 0 Å². The minimum Gasteiger partial charge on any atom is -0.456 e. The zero-order chi connectivity index (χ0) is 14.6. The Kier molecular flexibility index (Phi) is 4.99. The summed E-state index contributed by atoms with van der Waals surface area (Å²) in [4.78, 5) is 11.8. The molecular weight excluding hydrogens is 285 g/mol. The Morgan fingerprint density at radius 3 is 2.42 bits per heavy atom. The highest BCUT2D eigenvalue weighted by Crippen LogP contribution is 2.24. The van der Waals surface area contributed by atoms with Gasteiger partial charge in [0.15, 0.2) is 0 Å². The monoisotopic (exact) mass is 297 g/mol. The van der Waals surface area contributed by atoms with Gasteiger partial charge in [0.2, 0.25) is 0 Å². The predicted molar refractivity (Wildman–Crippen MR) is 75.9 cm³/mol. The molecule has 100 valence electrons. The van der Waals surface area contributed by atoms with Crippen molar-refractivity contribution in [2.45, 2.75) is 26.4 Å². The number of hydrogen-bond acceptors (Lipinski definition) is 3. The van der Waals surface area contributed by atoms with Gasteiger partial charge in [0, 0.05) is 0 Å². The lowest BCUT2D eigenvalue weighted by molar-refractivity contribution is -0.149. The molecule has 0 aliphatic carbocycles. The fraction of sp³-hybridized carbons (Fsp3) is 0.286. The van der Waals surface area contributed by atoms with Crippen LogP contribution in [0.2, 0.25) is 10.0 Å². The number of carbonyl (C=O) groups is 1. The molecule has 0 saturated heterocycles. The maximum Gasteiger partial charge on any atom is 0.349 e. The molecule has 0 fully saturated rings. The predicted octanol–water partition coefficient (Wildman–Crippen LogP) is 4.24. The van der Waals surface area contributed by atoms with Crippen LogP contribution in [-0.4, -0.2) is 11.6 Å². The fourth-order valence-electron chi connectivity index (χ4n) is 1.24. The molecule has 1 aromatic rings. The first-order valence-corrected chi connectivity index (χ1v) is 6.29. The molecule has 0 aliphatic heterocycles. The molecule has 3 nitrogen and oxygen atoms in total. The molecule has 1 aromatic carbocycles. The van der Waals surface area contributed by atoms with E-state index in [-0.39, 0.29) is 5.57 Å². The molecule has 0 aromatic heterocycles. The van der Waals surface area contributed by atoms with Crippen molar-refractivity contribution in [3.05, 3.63) is 39.4 Å². The summed E-state index contributed by atoms with van der Waals surface area (Å²) in [7, 11) is 0. The van der Waals surface area contributed by atoms with Gasteiger partial charge in [-0.25, -0.2) is 4.79 Å². The van der Waals surface area contributed by atoms with Gasteiger partial charge in [-0.05, 0) is 44.5 Å². The lowest BCUT2D eigenvalue weighted by atomic mass is 10.1. The smallest absolute Gasteiger partial charge is 0.349 e. The van der Waals surface area contributed by atoms with E-state index in [1.54, 1.807) is 39.0 Å². The zero-order valence-corrected chi connectivity index (χ0v) is 12.3. The average molecular weight is 298 g/mol. The normalized spacial score (nSPS) is 11.9. The number of rotatable bonds is 2.